The molecule has 0 saturated carbocycles. The minimum Gasteiger partial charge on any atom is -0.492 e. The molecule has 0 bridgehead atoms. The molecule has 0 spiro atoms. The van der Waals surface area contributed by atoms with E-state index in [0.717, 1.165) is 48.0 Å². The Labute approximate surface area is 124 Å². The summed E-state index contributed by atoms with van der Waals surface area (Å²) in [6.07, 6.45) is 2.08. The Morgan fingerprint density at radius 1 is 1.38 bits per heavy atom. The third-order valence-corrected chi connectivity index (χ3v) is 3.91. The number of aliphatic hydroxyl groups excluding tert-OH is 1. The van der Waals surface area contributed by atoms with E-state index in [2.05, 4.69) is 16.1 Å². The van der Waals surface area contributed by atoms with Crippen molar-refractivity contribution in [3.05, 3.63) is 47.0 Å². The molecule has 1 aliphatic rings. The fourth-order valence-corrected chi connectivity index (χ4v) is 2.67. The van der Waals surface area contributed by atoms with E-state index in [1.165, 1.54) is 0 Å². The second-order valence-electron chi connectivity index (χ2n) is 5.55. The van der Waals surface area contributed by atoms with E-state index in [-0.39, 0.29) is 6.61 Å². The standard InChI is InChI=1S/C16H21N3O2/c1-12-17-15(9-18(12)2)10-19-5-6-21-16-4-3-13(11-20)7-14(16)8-19/h3-4,7,9,20H,5-6,8,10-11H2,1-2H3. The van der Waals surface area contributed by atoms with E-state index in [0.29, 0.717) is 6.61 Å². The topological polar surface area (TPSA) is 50.5 Å². The molecule has 3 rings (SSSR count). The highest BCUT2D eigenvalue weighted by Gasteiger charge is 2.17. The van der Waals surface area contributed by atoms with Crippen LogP contribution in [-0.4, -0.2) is 32.7 Å². The van der Waals surface area contributed by atoms with Crippen LogP contribution < -0.4 is 4.74 Å². The highest BCUT2D eigenvalue weighted by Crippen LogP contribution is 2.25. The molecule has 0 radical (unpaired) electrons. The van der Waals surface area contributed by atoms with Crippen LogP contribution in [0.5, 0.6) is 5.75 Å². The van der Waals surface area contributed by atoms with Gasteiger partial charge in [0.05, 0.1) is 12.3 Å². The first-order valence-electron chi connectivity index (χ1n) is 7.22. The molecule has 1 N–H and O–H groups in total. The molecule has 21 heavy (non-hydrogen) atoms. The minimum atomic E-state index is 0.0622. The smallest absolute Gasteiger partial charge is 0.123 e. The summed E-state index contributed by atoms with van der Waals surface area (Å²) >= 11 is 0. The van der Waals surface area contributed by atoms with Gasteiger partial charge < -0.3 is 14.4 Å². The van der Waals surface area contributed by atoms with Gasteiger partial charge in [-0.15, -0.1) is 0 Å². The van der Waals surface area contributed by atoms with Gasteiger partial charge in [-0.25, -0.2) is 4.98 Å². The number of aromatic nitrogens is 2. The normalized spacial score (nSPS) is 15.4. The molecule has 1 aromatic carbocycles. The van der Waals surface area contributed by atoms with Gasteiger partial charge in [0.1, 0.15) is 18.2 Å². The van der Waals surface area contributed by atoms with Crippen molar-refractivity contribution in [3.8, 4) is 5.75 Å². The average Bonchev–Trinajstić information content (AvgIpc) is 2.68. The van der Waals surface area contributed by atoms with E-state index in [1.54, 1.807) is 0 Å². The summed E-state index contributed by atoms with van der Waals surface area (Å²) in [6, 6.07) is 5.89. The lowest BCUT2D eigenvalue weighted by atomic mass is 10.1. The predicted molar refractivity (Wildman–Crippen MR) is 79.9 cm³/mol. The van der Waals surface area contributed by atoms with Crippen LogP contribution in [0.1, 0.15) is 22.6 Å². The Hall–Kier alpha value is -1.85. The van der Waals surface area contributed by atoms with Crippen LogP contribution in [-0.2, 0) is 26.7 Å². The zero-order chi connectivity index (χ0) is 14.8. The summed E-state index contributed by atoms with van der Waals surface area (Å²) in [4.78, 5) is 6.89. The van der Waals surface area contributed by atoms with E-state index in [9.17, 15) is 5.11 Å². The molecule has 1 aliphatic heterocycles. The number of aryl methyl sites for hydroxylation is 2. The van der Waals surface area contributed by atoms with Crippen LogP contribution >= 0.6 is 0 Å². The highest BCUT2D eigenvalue weighted by atomic mass is 16.5. The number of fused-ring (bicyclic) bond motifs is 1. The lowest BCUT2D eigenvalue weighted by Gasteiger charge is -2.18. The van der Waals surface area contributed by atoms with Crippen LogP contribution in [0.4, 0.5) is 0 Å². The van der Waals surface area contributed by atoms with Gasteiger partial charge in [0.2, 0.25) is 0 Å². The molecular weight excluding hydrogens is 266 g/mol. The van der Waals surface area contributed by atoms with E-state index < -0.39 is 0 Å². The molecule has 0 amide bonds. The van der Waals surface area contributed by atoms with Crippen molar-refractivity contribution in [1.29, 1.82) is 0 Å². The van der Waals surface area contributed by atoms with Gasteiger partial charge in [0.15, 0.2) is 0 Å². The fourth-order valence-electron chi connectivity index (χ4n) is 2.67. The minimum absolute atomic E-state index is 0.0622. The van der Waals surface area contributed by atoms with Crippen molar-refractivity contribution in [1.82, 2.24) is 14.5 Å². The van der Waals surface area contributed by atoms with Gasteiger partial charge in [0.25, 0.3) is 0 Å². The lowest BCUT2D eigenvalue weighted by Crippen LogP contribution is -2.25. The fraction of sp³-hybridized carbons (Fsp3) is 0.438. The van der Waals surface area contributed by atoms with E-state index in [4.69, 9.17) is 4.74 Å². The third-order valence-electron chi connectivity index (χ3n) is 3.91. The molecule has 0 atom stereocenters. The van der Waals surface area contributed by atoms with E-state index >= 15 is 0 Å². The predicted octanol–water partition coefficient (Wildman–Crippen LogP) is 1.62. The summed E-state index contributed by atoms with van der Waals surface area (Å²) in [6.45, 7) is 5.26. The summed E-state index contributed by atoms with van der Waals surface area (Å²) in [5.41, 5.74) is 3.14. The first kappa shape index (κ1) is 14.1. The Bertz CT molecular complexity index is 617. The number of rotatable bonds is 3. The van der Waals surface area contributed by atoms with Crippen LogP contribution in [0.3, 0.4) is 0 Å². The second-order valence-corrected chi connectivity index (χ2v) is 5.55. The number of benzene rings is 1. The molecule has 0 fully saturated rings. The van der Waals surface area contributed by atoms with Gasteiger partial charge in [-0.05, 0) is 24.6 Å². The Morgan fingerprint density at radius 2 is 2.24 bits per heavy atom. The zero-order valence-electron chi connectivity index (χ0n) is 12.5. The van der Waals surface area contributed by atoms with Crippen LogP contribution in [0.15, 0.2) is 24.4 Å². The number of hydrogen-bond acceptors (Lipinski definition) is 4. The Kier molecular flexibility index (Phi) is 3.94. The second kappa shape index (κ2) is 5.87. The van der Waals surface area contributed by atoms with Gasteiger partial charge in [-0.2, -0.15) is 0 Å². The third kappa shape index (κ3) is 3.09. The van der Waals surface area contributed by atoms with Crippen molar-refractivity contribution in [2.75, 3.05) is 13.2 Å². The van der Waals surface area contributed by atoms with Crippen molar-refractivity contribution < 1.29 is 9.84 Å². The molecule has 2 aromatic rings. The maximum atomic E-state index is 9.28. The summed E-state index contributed by atoms with van der Waals surface area (Å²) in [5, 5.41) is 9.28. The van der Waals surface area contributed by atoms with Gasteiger partial charge in [-0.1, -0.05) is 6.07 Å². The largest absolute Gasteiger partial charge is 0.492 e. The number of nitrogens with zero attached hydrogens (tertiary/aromatic N) is 3. The quantitative estimate of drug-likeness (QED) is 0.932. The Morgan fingerprint density at radius 3 is 2.95 bits per heavy atom. The van der Waals surface area contributed by atoms with Crippen molar-refractivity contribution in [3.63, 3.8) is 0 Å². The van der Waals surface area contributed by atoms with Crippen molar-refractivity contribution >= 4 is 0 Å². The lowest BCUT2D eigenvalue weighted by molar-refractivity contribution is 0.218. The van der Waals surface area contributed by atoms with Crippen LogP contribution in [0.2, 0.25) is 0 Å². The summed E-state index contributed by atoms with van der Waals surface area (Å²) in [5.74, 6) is 1.95. The molecule has 112 valence electrons. The van der Waals surface area contributed by atoms with Crippen molar-refractivity contribution in [2.45, 2.75) is 26.6 Å². The molecular formula is C16H21N3O2. The Balaban J connectivity index is 1.78. The first-order chi connectivity index (χ1) is 10.2. The molecule has 5 nitrogen and oxygen atoms in total. The number of aliphatic hydroxyl groups is 1. The number of ether oxygens (including phenoxy) is 1. The van der Waals surface area contributed by atoms with Gasteiger partial charge >= 0.3 is 0 Å². The molecule has 0 unspecified atom stereocenters. The molecule has 0 saturated heterocycles. The summed E-state index contributed by atoms with van der Waals surface area (Å²) in [7, 11) is 2.01. The number of imidazole rings is 1. The maximum Gasteiger partial charge on any atom is 0.123 e. The number of hydrogen-bond donors (Lipinski definition) is 1. The van der Waals surface area contributed by atoms with E-state index in [1.807, 2.05) is 36.7 Å². The molecule has 1 aromatic heterocycles. The average molecular weight is 287 g/mol. The molecule has 0 aliphatic carbocycles. The molecule has 2 heterocycles. The van der Waals surface area contributed by atoms with Crippen molar-refractivity contribution in [2.24, 2.45) is 7.05 Å². The summed E-state index contributed by atoms with van der Waals surface area (Å²) < 4.78 is 7.84. The SMILES string of the molecule is Cc1nc(CN2CCOc3ccc(CO)cc3C2)cn1C. The highest BCUT2D eigenvalue weighted by molar-refractivity contribution is 5.37. The van der Waals surface area contributed by atoms with Gasteiger partial charge in [-0.3, -0.25) is 4.90 Å². The zero-order valence-corrected chi connectivity index (χ0v) is 12.5. The first-order valence-corrected chi connectivity index (χ1v) is 7.22. The van der Waals surface area contributed by atoms with Crippen LogP contribution in [0.25, 0.3) is 0 Å². The monoisotopic (exact) mass is 287 g/mol. The van der Waals surface area contributed by atoms with Crippen LogP contribution in [0, 0.1) is 6.92 Å². The maximum absolute atomic E-state index is 9.28. The molecule has 5 heteroatoms. The van der Waals surface area contributed by atoms with Gasteiger partial charge in [0, 0.05) is 38.4 Å².